The van der Waals surface area contributed by atoms with Gasteiger partial charge in [0.2, 0.25) is 0 Å². The molecule has 1 unspecified atom stereocenters. The Hall–Kier alpha value is -3.35. The molecule has 2 N–H and O–H groups in total. The van der Waals surface area contributed by atoms with Crippen molar-refractivity contribution in [2.45, 2.75) is 44.7 Å². The van der Waals surface area contributed by atoms with Crippen LogP contribution in [0.4, 0.5) is 10.5 Å². The average molecular weight is 406 g/mol. The fraction of sp³-hybridized carbons (Fsp3) is 0.348. The van der Waals surface area contributed by atoms with Crippen LogP contribution in [0.3, 0.4) is 0 Å². The summed E-state index contributed by atoms with van der Waals surface area (Å²) in [5.74, 6) is -0.846. The van der Waals surface area contributed by atoms with E-state index in [4.69, 9.17) is 0 Å². The van der Waals surface area contributed by atoms with E-state index in [1.165, 1.54) is 11.1 Å². The number of carbonyl (C=O) groups excluding carboxylic acids is 3. The molecule has 1 aliphatic heterocycles. The van der Waals surface area contributed by atoms with Crippen molar-refractivity contribution in [3.05, 3.63) is 65.7 Å². The number of rotatable bonds is 6. The lowest BCUT2D eigenvalue weighted by atomic mass is 10.00. The highest BCUT2D eigenvalue weighted by molar-refractivity contribution is 6.07. The summed E-state index contributed by atoms with van der Waals surface area (Å²) >= 11 is 0. The van der Waals surface area contributed by atoms with Crippen LogP contribution in [-0.4, -0.2) is 41.0 Å². The Labute approximate surface area is 176 Å². The largest absolute Gasteiger partial charge is 0.358 e. The first kappa shape index (κ1) is 19.9. The van der Waals surface area contributed by atoms with Crippen LogP contribution in [0.1, 0.15) is 31.4 Å². The molecule has 2 aromatic rings. The molecule has 1 saturated heterocycles. The van der Waals surface area contributed by atoms with E-state index in [-0.39, 0.29) is 12.6 Å². The Morgan fingerprint density at radius 2 is 1.70 bits per heavy atom. The van der Waals surface area contributed by atoms with Crippen LogP contribution in [0, 0.1) is 0 Å². The van der Waals surface area contributed by atoms with Crippen molar-refractivity contribution in [2.24, 2.45) is 0 Å². The molecule has 4 amide bonds. The van der Waals surface area contributed by atoms with Gasteiger partial charge in [-0.2, -0.15) is 5.01 Å². The van der Waals surface area contributed by atoms with Gasteiger partial charge in [-0.15, -0.1) is 0 Å². The summed E-state index contributed by atoms with van der Waals surface area (Å²) in [6, 6.07) is 17.6. The molecule has 2 aromatic carbocycles. The van der Waals surface area contributed by atoms with Crippen molar-refractivity contribution in [3.8, 4) is 0 Å². The number of fused-ring (bicyclic) bond motifs is 1. The Bertz CT molecular complexity index is 952. The summed E-state index contributed by atoms with van der Waals surface area (Å²) in [5.41, 5.74) is 5.02. The Balaban J connectivity index is 1.51. The fourth-order valence-electron chi connectivity index (χ4n) is 4.15. The van der Waals surface area contributed by atoms with Crippen LogP contribution in [0.25, 0.3) is 0 Å². The van der Waals surface area contributed by atoms with Gasteiger partial charge in [0.05, 0.1) is 6.54 Å². The second-order valence-electron chi connectivity index (χ2n) is 8.09. The summed E-state index contributed by atoms with van der Waals surface area (Å²) < 4.78 is 0. The van der Waals surface area contributed by atoms with Gasteiger partial charge in [0.25, 0.3) is 11.8 Å². The molecule has 0 aromatic heterocycles. The van der Waals surface area contributed by atoms with Gasteiger partial charge in [-0.1, -0.05) is 49.4 Å². The molecular weight excluding hydrogens is 380 g/mol. The lowest BCUT2D eigenvalue weighted by Crippen LogP contribution is -2.52. The maximum absolute atomic E-state index is 12.9. The van der Waals surface area contributed by atoms with Crippen LogP contribution < -0.4 is 15.6 Å². The zero-order valence-corrected chi connectivity index (χ0v) is 17.2. The Morgan fingerprint density at radius 3 is 2.27 bits per heavy atom. The van der Waals surface area contributed by atoms with Gasteiger partial charge in [0, 0.05) is 11.7 Å². The van der Waals surface area contributed by atoms with Gasteiger partial charge in [-0.05, 0) is 49.4 Å². The molecule has 7 heteroatoms. The SMILES string of the molecule is CCC1(C)NC(=O)N(NC(=O)CN(c2ccccc2)C2Cc3ccccc3C2)C1=O. The lowest BCUT2D eigenvalue weighted by molar-refractivity contribution is -0.138. The predicted octanol–water partition coefficient (Wildman–Crippen LogP) is 2.41. The van der Waals surface area contributed by atoms with Crippen molar-refractivity contribution in [3.63, 3.8) is 0 Å². The minimum absolute atomic E-state index is 0.0442. The van der Waals surface area contributed by atoms with E-state index in [0.717, 1.165) is 23.5 Å². The minimum atomic E-state index is -0.990. The average Bonchev–Trinajstić information content (AvgIpc) is 3.27. The Morgan fingerprint density at radius 1 is 1.10 bits per heavy atom. The van der Waals surface area contributed by atoms with E-state index in [1.807, 2.05) is 54.3 Å². The number of carbonyl (C=O) groups is 3. The highest BCUT2D eigenvalue weighted by Crippen LogP contribution is 2.29. The van der Waals surface area contributed by atoms with Crippen LogP contribution in [-0.2, 0) is 22.4 Å². The standard InChI is InChI=1S/C23H26N4O3/c1-3-23(2)21(29)27(22(30)24-23)25-20(28)15-26(18-11-5-4-6-12-18)19-13-16-9-7-8-10-17(16)14-19/h4-12,19H,3,13-15H2,1-2H3,(H,24,30)(H,25,28). The molecule has 30 heavy (non-hydrogen) atoms. The van der Waals surface area contributed by atoms with Crippen molar-refractivity contribution >= 4 is 23.5 Å². The molecule has 1 heterocycles. The second-order valence-corrected chi connectivity index (χ2v) is 8.09. The van der Waals surface area contributed by atoms with Gasteiger partial charge >= 0.3 is 6.03 Å². The van der Waals surface area contributed by atoms with Crippen molar-refractivity contribution in [1.29, 1.82) is 0 Å². The molecule has 1 fully saturated rings. The molecule has 1 atom stereocenters. The topological polar surface area (TPSA) is 81.8 Å². The number of benzene rings is 2. The van der Waals surface area contributed by atoms with Gasteiger partial charge in [0.1, 0.15) is 5.54 Å². The number of hydrogen-bond donors (Lipinski definition) is 2. The molecule has 1 aliphatic carbocycles. The third-order valence-electron chi connectivity index (χ3n) is 6.08. The van der Waals surface area contributed by atoms with Crippen molar-refractivity contribution < 1.29 is 14.4 Å². The number of para-hydroxylation sites is 1. The molecular formula is C23H26N4O3. The first-order valence-electron chi connectivity index (χ1n) is 10.3. The van der Waals surface area contributed by atoms with E-state index in [1.54, 1.807) is 6.92 Å². The van der Waals surface area contributed by atoms with Crippen molar-refractivity contribution in [2.75, 3.05) is 11.4 Å². The minimum Gasteiger partial charge on any atom is -0.358 e. The molecule has 4 rings (SSSR count). The summed E-state index contributed by atoms with van der Waals surface area (Å²) in [6.45, 7) is 3.52. The number of nitrogens with one attached hydrogen (secondary N) is 2. The second kappa shape index (κ2) is 7.82. The lowest BCUT2D eigenvalue weighted by Gasteiger charge is -2.31. The van der Waals surface area contributed by atoms with Gasteiger partial charge in [-0.3, -0.25) is 15.0 Å². The van der Waals surface area contributed by atoms with Gasteiger partial charge in [-0.25, -0.2) is 4.79 Å². The highest BCUT2D eigenvalue weighted by Gasteiger charge is 2.47. The smallest absolute Gasteiger partial charge is 0.344 e. The Kier molecular flexibility index (Phi) is 5.20. The number of amides is 4. The zero-order valence-electron chi connectivity index (χ0n) is 17.2. The van der Waals surface area contributed by atoms with Crippen LogP contribution in [0.2, 0.25) is 0 Å². The molecule has 156 valence electrons. The molecule has 0 saturated carbocycles. The number of imide groups is 1. The first-order valence-corrected chi connectivity index (χ1v) is 10.3. The molecule has 7 nitrogen and oxygen atoms in total. The number of urea groups is 1. The summed E-state index contributed by atoms with van der Waals surface area (Å²) in [4.78, 5) is 39.7. The van der Waals surface area contributed by atoms with Crippen LogP contribution in [0.5, 0.6) is 0 Å². The number of nitrogens with zero attached hydrogens (tertiary/aromatic N) is 2. The first-order chi connectivity index (χ1) is 14.4. The molecule has 0 radical (unpaired) electrons. The van der Waals surface area contributed by atoms with Crippen LogP contribution in [0.15, 0.2) is 54.6 Å². The maximum atomic E-state index is 12.9. The monoisotopic (exact) mass is 406 g/mol. The van der Waals surface area contributed by atoms with Gasteiger partial charge < -0.3 is 10.2 Å². The zero-order chi connectivity index (χ0) is 21.3. The highest BCUT2D eigenvalue weighted by atomic mass is 16.2. The normalized spacial score (nSPS) is 20.8. The van der Waals surface area contributed by atoms with Crippen molar-refractivity contribution in [1.82, 2.24) is 15.8 Å². The van der Waals surface area contributed by atoms with E-state index in [0.29, 0.717) is 6.42 Å². The van der Waals surface area contributed by atoms with E-state index in [2.05, 4.69) is 22.9 Å². The molecule has 0 spiro atoms. The quantitative estimate of drug-likeness (QED) is 0.722. The molecule has 2 aliphatic rings. The third kappa shape index (κ3) is 3.63. The summed E-state index contributed by atoms with van der Waals surface area (Å²) in [6.07, 6.45) is 2.13. The number of anilines is 1. The third-order valence-corrected chi connectivity index (χ3v) is 6.08. The van der Waals surface area contributed by atoms with Crippen LogP contribution >= 0.6 is 0 Å². The summed E-state index contributed by atoms with van der Waals surface area (Å²) in [5, 5.41) is 3.45. The maximum Gasteiger partial charge on any atom is 0.344 e. The fourth-order valence-corrected chi connectivity index (χ4v) is 4.15. The van der Waals surface area contributed by atoms with E-state index >= 15 is 0 Å². The number of hydrogen-bond acceptors (Lipinski definition) is 4. The van der Waals surface area contributed by atoms with E-state index in [9.17, 15) is 14.4 Å². The summed E-state index contributed by atoms with van der Waals surface area (Å²) in [7, 11) is 0. The number of hydrazine groups is 1. The predicted molar refractivity (Wildman–Crippen MR) is 114 cm³/mol. The van der Waals surface area contributed by atoms with E-state index < -0.39 is 23.4 Å². The molecule has 0 bridgehead atoms. The van der Waals surface area contributed by atoms with Gasteiger partial charge in [0.15, 0.2) is 0 Å².